The molecule has 0 spiro atoms. The molecule has 0 bridgehead atoms. The van der Waals surface area contributed by atoms with Crippen LogP contribution in [-0.2, 0) is 11.3 Å². The van der Waals surface area contributed by atoms with Crippen molar-refractivity contribution in [1.82, 2.24) is 4.57 Å². The van der Waals surface area contributed by atoms with E-state index in [0.29, 0.717) is 24.6 Å². The smallest absolute Gasteiger partial charge is 0.298 e. The van der Waals surface area contributed by atoms with Gasteiger partial charge < -0.3 is 14.6 Å². The van der Waals surface area contributed by atoms with Gasteiger partial charge in [0.25, 0.3) is 11.7 Å². The van der Waals surface area contributed by atoms with E-state index in [1.54, 1.807) is 59.3 Å². The Morgan fingerprint density at radius 3 is 2.52 bits per heavy atom. The number of rotatable bonds is 7. The van der Waals surface area contributed by atoms with Gasteiger partial charge in [-0.15, -0.1) is 0 Å². The number of aromatic nitrogens is 1. The summed E-state index contributed by atoms with van der Waals surface area (Å²) in [5, 5.41) is 2.61. The summed E-state index contributed by atoms with van der Waals surface area (Å²) in [4.78, 5) is 25.0. The number of nitrogens with zero attached hydrogens (tertiary/aromatic N) is 1. The van der Waals surface area contributed by atoms with E-state index in [1.807, 2.05) is 6.92 Å². The SMILES string of the molecule is CCOc1ccccc1NC(=O)C(=O)c1cccn1Cc1ccc(F)cc1. The predicted molar refractivity (Wildman–Crippen MR) is 101 cm³/mol. The molecule has 0 aliphatic rings. The molecule has 5 nitrogen and oxygen atoms in total. The molecule has 1 aromatic heterocycles. The van der Waals surface area contributed by atoms with Crippen LogP contribution < -0.4 is 10.1 Å². The molecule has 0 aliphatic carbocycles. The number of ether oxygens (including phenoxy) is 1. The second-order valence-electron chi connectivity index (χ2n) is 5.86. The number of nitrogens with one attached hydrogen (secondary N) is 1. The number of hydrogen-bond acceptors (Lipinski definition) is 3. The summed E-state index contributed by atoms with van der Waals surface area (Å²) >= 11 is 0. The van der Waals surface area contributed by atoms with Gasteiger partial charge in [-0.3, -0.25) is 9.59 Å². The Kier molecular flexibility index (Phi) is 5.66. The molecule has 0 aliphatic heterocycles. The van der Waals surface area contributed by atoms with Crippen LogP contribution in [0.1, 0.15) is 23.0 Å². The van der Waals surface area contributed by atoms with Crippen molar-refractivity contribution in [3.63, 3.8) is 0 Å². The van der Waals surface area contributed by atoms with Crippen LogP contribution in [0.5, 0.6) is 5.75 Å². The van der Waals surface area contributed by atoms with Gasteiger partial charge in [-0.25, -0.2) is 4.39 Å². The molecule has 27 heavy (non-hydrogen) atoms. The molecule has 138 valence electrons. The molecule has 2 aromatic carbocycles. The third-order valence-electron chi connectivity index (χ3n) is 3.97. The van der Waals surface area contributed by atoms with E-state index in [-0.39, 0.29) is 11.5 Å². The number of Topliss-reactive ketones (excluding diaryl/α,β-unsaturated/α-hetero) is 1. The van der Waals surface area contributed by atoms with Gasteiger partial charge in [0.15, 0.2) is 0 Å². The van der Waals surface area contributed by atoms with E-state index < -0.39 is 11.7 Å². The first-order chi connectivity index (χ1) is 13.1. The Hall–Kier alpha value is -3.41. The molecular formula is C21H19FN2O3. The molecule has 0 fully saturated rings. The van der Waals surface area contributed by atoms with Crippen LogP contribution in [0.2, 0.25) is 0 Å². The summed E-state index contributed by atoms with van der Waals surface area (Å²) < 4.78 is 20.2. The number of carbonyl (C=O) groups excluding carboxylic acids is 2. The standard InChI is InChI=1S/C21H19FN2O3/c1-2-27-19-8-4-3-6-17(19)23-21(26)20(25)18-7-5-13-24(18)14-15-9-11-16(22)12-10-15/h3-13H,2,14H2,1H3,(H,23,26). The lowest BCUT2D eigenvalue weighted by molar-refractivity contribution is -0.112. The number of amides is 1. The van der Waals surface area contributed by atoms with Gasteiger partial charge in [0.05, 0.1) is 18.0 Å². The minimum atomic E-state index is -0.749. The highest BCUT2D eigenvalue weighted by Gasteiger charge is 2.21. The lowest BCUT2D eigenvalue weighted by atomic mass is 10.2. The predicted octanol–water partition coefficient (Wildman–Crippen LogP) is 3.90. The first-order valence-electron chi connectivity index (χ1n) is 8.55. The lowest BCUT2D eigenvalue weighted by Crippen LogP contribution is -2.25. The zero-order chi connectivity index (χ0) is 19.2. The quantitative estimate of drug-likeness (QED) is 0.510. The van der Waals surface area contributed by atoms with Crippen molar-refractivity contribution in [2.24, 2.45) is 0 Å². The number of hydrogen-bond donors (Lipinski definition) is 1. The maximum Gasteiger partial charge on any atom is 0.298 e. The summed E-state index contributed by atoms with van der Waals surface area (Å²) in [7, 11) is 0. The molecule has 0 unspecified atom stereocenters. The van der Waals surface area contributed by atoms with Crippen molar-refractivity contribution in [3.05, 3.63) is 83.9 Å². The minimum Gasteiger partial charge on any atom is -0.492 e. The second kappa shape index (κ2) is 8.31. The molecule has 3 aromatic rings. The molecule has 1 amide bonds. The highest BCUT2D eigenvalue weighted by molar-refractivity contribution is 6.46. The average molecular weight is 366 g/mol. The first kappa shape index (κ1) is 18.4. The molecule has 1 heterocycles. The van der Waals surface area contributed by atoms with Crippen LogP contribution in [0.3, 0.4) is 0 Å². The van der Waals surface area contributed by atoms with E-state index in [2.05, 4.69) is 5.32 Å². The first-order valence-corrected chi connectivity index (χ1v) is 8.55. The van der Waals surface area contributed by atoms with Gasteiger partial charge in [-0.2, -0.15) is 0 Å². The molecule has 0 radical (unpaired) electrons. The van der Waals surface area contributed by atoms with Crippen molar-refractivity contribution in [2.45, 2.75) is 13.5 Å². The van der Waals surface area contributed by atoms with Gasteiger partial charge in [0.2, 0.25) is 0 Å². The van der Waals surface area contributed by atoms with Crippen LogP contribution in [0.4, 0.5) is 10.1 Å². The van der Waals surface area contributed by atoms with E-state index in [1.165, 1.54) is 12.1 Å². The molecule has 0 saturated heterocycles. The Morgan fingerprint density at radius 1 is 1.04 bits per heavy atom. The number of halogens is 1. The third-order valence-corrected chi connectivity index (χ3v) is 3.97. The van der Waals surface area contributed by atoms with Crippen molar-refractivity contribution >= 4 is 17.4 Å². The van der Waals surface area contributed by atoms with E-state index in [4.69, 9.17) is 4.74 Å². The monoisotopic (exact) mass is 366 g/mol. The van der Waals surface area contributed by atoms with Crippen LogP contribution >= 0.6 is 0 Å². The Labute approximate surface area is 156 Å². The van der Waals surface area contributed by atoms with Crippen molar-refractivity contribution in [3.8, 4) is 5.75 Å². The molecule has 1 N–H and O–H groups in total. The number of ketones is 1. The third kappa shape index (κ3) is 4.41. The highest BCUT2D eigenvalue weighted by atomic mass is 19.1. The minimum absolute atomic E-state index is 0.255. The Bertz CT molecular complexity index is 948. The average Bonchev–Trinajstić information content (AvgIpc) is 3.13. The van der Waals surface area contributed by atoms with Crippen molar-refractivity contribution in [2.75, 3.05) is 11.9 Å². The van der Waals surface area contributed by atoms with Gasteiger partial charge in [-0.1, -0.05) is 24.3 Å². The van der Waals surface area contributed by atoms with Crippen molar-refractivity contribution in [1.29, 1.82) is 0 Å². The van der Waals surface area contributed by atoms with Gasteiger partial charge >= 0.3 is 0 Å². The fraction of sp³-hybridized carbons (Fsp3) is 0.143. The normalized spacial score (nSPS) is 10.4. The van der Waals surface area contributed by atoms with Crippen LogP contribution in [0.25, 0.3) is 0 Å². The topological polar surface area (TPSA) is 60.3 Å². The summed E-state index contributed by atoms with van der Waals surface area (Å²) in [6.45, 7) is 2.64. The molecule has 3 rings (SSSR count). The molecular weight excluding hydrogens is 347 g/mol. The Balaban J connectivity index is 1.76. The van der Waals surface area contributed by atoms with E-state index in [9.17, 15) is 14.0 Å². The number of benzene rings is 2. The van der Waals surface area contributed by atoms with Crippen LogP contribution in [0, 0.1) is 5.82 Å². The van der Waals surface area contributed by atoms with Gasteiger partial charge in [-0.05, 0) is 48.9 Å². The molecule has 0 saturated carbocycles. The van der Waals surface area contributed by atoms with Crippen LogP contribution in [-0.4, -0.2) is 22.9 Å². The lowest BCUT2D eigenvalue weighted by Gasteiger charge is -2.12. The zero-order valence-corrected chi connectivity index (χ0v) is 14.8. The molecule has 6 heteroatoms. The number of anilines is 1. The maximum absolute atomic E-state index is 13.0. The zero-order valence-electron chi connectivity index (χ0n) is 14.8. The fourth-order valence-electron chi connectivity index (χ4n) is 2.69. The van der Waals surface area contributed by atoms with E-state index in [0.717, 1.165) is 5.56 Å². The van der Waals surface area contributed by atoms with Gasteiger partial charge in [0, 0.05) is 12.7 Å². The fourth-order valence-corrected chi connectivity index (χ4v) is 2.69. The largest absolute Gasteiger partial charge is 0.492 e. The second-order valence-corrected chi connectivity index (χ2v) is 5.86. The van der Waals surface area contributed by atoms with Crippen molar-refractivity contribution < 1.29 is 18.7 Å². The van der Waals surface area contributed by atoms with E-state index >= 15 is 0 Å². The summed E-state index contributed by atoms with van der Waals surface area (Å²) in [6.07, 6.45) is 1.71. The van der Waals surface area contributed by atoms with Gasteiger partial charge in [0.1, 0.15) is 11.6 Å². The summed E-state index contributed by atoms with van der Waals surface area (Å²) in [6, 6.07) is 16.2. The summed E-state index contributed by atoms with van der Waals surface area (Å²) in [5.74, 6) is -1.23. The maximum atomic E-state index is 13.0. The highest BCUT2D eigenvalue weighted by Crippen LogP contribution is 2.24. The number of para-hydroxylation sites is 2. The number of carbonyl (C=O) groups is 2. The summed E-state index contributed by atoms with van der Waals surface area (Å²) in [5.41, 5.74) is 1.52. The van der Waals surface area contributed by atoms with Crippen LogP contribution in [0.15, 0.2) is 66.9 Å². The molecule has 0 atom stereocenters. The Morgan fingerprint density at radius 2 is 1.78 bits per heavy atom.